The van der Waals surface area contributed by atoms with Crippen LogP contribution in [0.25, 0.3) is 0 Å². The molecular weight excluding hydrogens is 173 g/mol. The first-order chi connectivity index (χ1) is 4.83. The van der Waals surface area contributed by atoms with Gasteiger partial charge in [0, 0.05) is 0 Å². The van der Waals surface area contributed by atoms with Crippen molar-refractivity contribution in [3.8, 4) is 0 Å². The Morgan fingerprint density at radius 2 is 2.27 bits per heavy atom. The monoisotopic (exact) mass is 182 g/mol. The van der Waals surface area contributed by atoms with Crippen molar-refractivity contribution >= 4 is 11.9 Å². The van der Waals surface area contributed by atoms with Gasteiger partial charge in [-0.1, -0.05) is 6.92 Å². The smallest absolute Gasteiger partial charge is 0.482 e. The van der Waals surface area contributed by atoms with Crippen molar-refractivity contribution in [1.29, 1.82) is 0 Å². The zero-order valence-corrected chi connectivity index (χ0v) is 8.02. The quantitative estimate of drug-likeness (QED) is 0.467. The summed E-state index contributed by atoms with van der Waals surface area (Å²) in [5.74, 6) is 0. The number of hydrogen-bond acceptors (Lipinski definition) is 1. The predicted molar refractivity (Wildman–Crippen MR) is 42.8 cm³/mol. The third-order valence-corrected chi connectivity index (χ3v) is 1.17. The van der Waals surface area contributed by atoms with Crippen molar-refractivity contribution in [1.82, 2.24) is 0 Å². The summed E-state index contributed by atoms with van der Waals surface area (Å²) in [6.45, 7) is 3.80. The van der Waals surface area contributed by atoms with Crippen molar-refractivity contribution in [2.24, 2.45) is 4.99 Å². The summed E-state index contributed by atoms with van der Waals surface area (Å²) in [4.78, 5) is 3.96. The van der Waals surface area contributed by atoms with E-state index in [0.29, 0.717) is 0 Å². The van der Waals surface area contributed by atoms with Gasteiger partial charge in [0.1, 0.15) is 0 Å². The fraction of sp³-hybridized carbons (Fsp3) is 0.222. The second-order valence-corrected chi connectivity index (χ2v) is 2.09. The van der Waals surface area contributed by atoms with Crippen LogP contribution in [0.5, 0.6) is 0 Å². The molecule has 1 rings (SSSR count). The van der Waals surface area contributed by atoms with Crippen molar-refractivity contribution in [3.05, 3.63) is 29.8 Å². The van der Waals surface area contributed by atoms with E-state index in [4.69, 9.17) is 0 Å². The molecule has 0 saturated heterocycles. The van der Waals surface area contributed by atoms with Gasteiger partial charge in [-0.15, -0.1) is 6.92 Å². The summed E-state index contributed by atoms with van der Waals surface area (Å²) in [5, 5.41) is 0. The van der Waals surface area contributed by atoms with E-state index >= 15 is 0 Å². The molecule has 0 N–H and O–H groups in total. The molecule has 0 aliphatic heterocycles. The van der Waals surface area contributed by atoms with Gasteiger partial charge in [0.2, 0.25) is 0 Å². The number of benzene rings is 1. The first kappa shape index (κ1) is 10.5. The molecule has 11 heavy (non-hydrogen) atoms. The van der Waals surface area contributed by atoms with Crippen molar-refractivity contribution in [3.63, 3.8) is 0 Å². The topological polar surface area (TPSA) is 12.4 Å². The van der Waals surface area contributed by atoms with Gasteiger partial charge in [0.15, 0.2) is 0 Å². The fourth-order valence-electron chi connectivity index (χ4n) is 0.749. The Bertz CT molecular complexity index is 243. The summed E-state index contributed by atoms with van der Waals surface area (Å²) < 4.78 is 0. The van der Waals surface area contributed by atoms with Gasteiger partial charge in [-0.05, 0) is 0 Å². The van der Waals surface area contributed by atoms with Crippen molar-refractivity contribution in [2.75, 3.05) is 0 Å². The van der Waals surface area contributed by atoms with Crippen LogP contribution in [-0.4, -0.2) is 6.21 Å². The number of rotatable bonds is 1. The van der Waals surface area contributed by atoms with Gasteiger partial charge >= 0.3 is 18.6 Å². The van der Waals surface area contributed by atoms with Crippen molar-refractivity contribution < 1.29 is 18.6 Å². The molecule has 0 heterocycles. The Hall–Kier alpha value is -0.526. The summed E-state index contributed by atoms with van der Waals surface area (Å²) in [6.07, 6.45) is 2.70. The average Bonchev–Trinajstić information content (AvgIpc) is 1.88. The zero-order valence-electron chi connectivity index (χ0n) is 6.63. The summed E-state index contributed by atoms with van der Waals surface area (Å²) in [7, 11) is 0. The van der Waals surface area contributed by atoms with Crippen LogP contribution in [0.1, 0.15) is 12.5 Å². The van der Waals surface area contributed by atoms with Crippen LogP contribution in [0.3, 0.4) is 0 Å². The molecule has 1 aromatic carbocycles. The third-order valence-electron chi connectivity index (χ3n) is 1.17. The van der Waals surface area contributed by atoms with Crippen LogP contribution in [0.15, 0.2) is 23.2 Å². The molecule has 0 amide bonds. The molecule has 0 bridgehead atoms. The summed E-state index contributed by atoms with van der Waals surface area (Å²) in [5.41, 5.74) is 2.05. The average molecular weight is 182 g/mol. The van der Waals surface area contributed by atoms with Crippen LogP contribution in [0.4, 0.5) is 5.69 Å². The minimum atomic E-state index is 0. The normalized spacial score (nSPS) is 9.64. The number of aliphatic imine (C=N–C) groups is 1. The van der Waals surface area contributed by atoms with E-state index in [0.717, 1.165) is 5.69 Å². The summed E-state index contributed by atoms with van der Waals surface area (Å²) >= 11 is 0. The molecule has 0 aliphatic rings. The Kier molecular flexibility index (Phi) is 4.92. The van der Waals surface area contributed by atoms with E-state index in [1.165, 1.54) is 5.56 Å². The molecule has 0 atom stereocenters. The Labute approximate surface area is 79.4 Å². The van der Waals surface area contributed by atoms with Crippen LogP contribution in [0, 0.1) is 13.0 Å². The van der Waals surface area contributed by atoms with Crippen LogP contribution in [0.2, 0.25) is 0 Å². The Morgan fingerprint density at radius 1 is 1.55 bits per heavy atom. The van der Waals surface area contributed by atoms with Gasteiger partial charge in [-0.3, -0.25) is 6.07 Å². The van der Waals surface area contributed by atoms with Gasteiger partial charge in [-0.2, -0.15) is 23.9 Å². The Balaban J connectivity index is 0.000001000. The molecule has 1 radical (unpaired) electrons. The molecule has 0 aliphatic carbocycles. The first-order valence-electron chi connectivity index (χ1n) is 3.19. The number of nitrogens with zero attached hydrogens (tertiary/aromatic N) is 1. The molecule has 1 nitrogen and oxygen atoms in total. The minimum absolute atomic E-state index is 0. The van der Waals surface area contributed by atoms with Gasteiger partial charge in [0.25, 0.3) is 0 Å². The summed E-state index contributed by atoms with van der Waals surface area (Å²) in [6, 6.07) is 8.81. The molecule has 0 saturated carbocycles. The number of aryl methyl sites for hydroxylation is 1. The minimum Gasteiger partial charge on any atom is -0.482 e. The molecular formula is C9H9NV. The Morgan fingerprint density at radius 3 is 2.82 bits per heavy atom. The molecule has 0 aromatic heterocycles. The predicted octanol–water partition coefficient (Wildman–Crippen LogP) is 2.39. The van der Waals surface area contributed by atoms with E-state index in [9.17, 15) is 0 Å². The molecule has 2 heteroatoms. The van der Waals surface area contributed by atoms with Crippen molar-refractivity contribution in [2.45, 2.75) is 13.8 Å². The van der Waals surface area contributed by atoms with Crippen LogP contribution in [-0.2, 0) is 18.6 Å². The van der Waals surface area contributed by atoms with E-state index in [1.807, 2.05) is 25.1 Å². The van der Waals surface area contributed by atoms with E-state index in [-0.39, 0.29) is 18.6 Å². The van der Waals surface area contributed by atoms with Crippen LogP contribution < -0.4 is 0 Å². The zero-order chi connectivity index (χ0) is 7.40. The molecule has 1 aromatic rings. The maximum atomic E-state index is 3.96. The largest absolute Gasteiger partial charge is 2.00 e. The molecule has 0 unspecified atom stereocenters. The fourth-order valence-corrected chi connectivity index (χ4v) is 0.749. The first-order valence-corrected chi connectivity index (χ1v) is 3.19. The molecule has 0 fully saturated rings. The SMILES string of the molecule is C[C-]=Nc1[c-]ccc(C)c1.[V+2]. The maximum absolute atomic E-state index is 3.96. The second kappa shape index (κ2) is 5.17. The second-order valence-electron chi connectivity index (χ2n) is 2.09. The van der Waals surface area contributed by atoms with E-state index < -0.39 is 0 Å². The molecule has 0 spiro atoms. The van der Waals surface area contributed by atoms with Crippen LogP contribution >= 0.6 is 0 Å². The number of hydrogen-bond donors (Lipinski definition) is 0. The van der Waals surface area contributed by atoms with E-state index in [2.05, 4.69) is 17.3 Å². The third kappa shape index (κ3) is 3.40. The van der Waals surface area contributed by atoms with Gasteiger partial charge in [0.05, 0.1) is 0 Å². The standard InChI is InChI=1S/C9H9N.V/c1-3-10-9-6-4-5-8(2)7-9;/h4-5,7H,1-2H3;/q-2;+2. The molecule has 55 valence electrons. The maximum Gasteiger partial charge on any atom is 2.00 e. The van der Waals surface area contributed by atoms with Gasteiger partial charge < -0.3 is 4.99 Å². The van der Waals surface area contributed by atoms with E-state index in [1.54, 1.807) is 6.92 Å². The van der Waals surface area contributed by atoms with Gasteiger partial charge in [-0.25, -0.2) is 11.8 Å².